The summed E-state index contributed by atoms with van der Waals surface area (Å²) in [5, 5.41) is 22.0. The summed E-state index contributed by atoms with van der Waals surface area (Å²) in [6.45, 7) is 28.9. The average molecular weight is 1470 g/mol. The maximum Gasteiger partial charge on any atom is 0.162 e. The van der Waals surface area contributed by atoms with Crippen molar-refractivity contribution in [3.63, 3.8) is 0 Å². The van der Waals surface area contributed by atoms with Gasteiger partial charge in [0.05, 0.1) is 20.9 Å². The van der Waals surface area contributed by atoms with E-state index in [1.54, 1.807) is 11.3 Å². The van der Waals surface area contributed by atoms with Crippen molar-refractivity contribution < 1.29 is 60.0 Å². The summed E-state index contributed by atoms with van der Waals surface area (Å²) >= 11 is 3.60. The molecule has 8 aromatic rings. The Bertz CT molecular complexity index is 3180. The number of nitrogens with zero attached hydrogens (tertiary/aromatic N) is 2. The molecule has 0 spiro atoms. The molecule has 4 aromatic heterocycles. The second-order valence-electron chi connectivity index (χ2n) is 20.6. The van der Waals surface area contributed by atoms with Gasteiger partial charge in [0.25, 0.3) is 0 Å². The molecular weight excluding hydrogens is 1380 g/mol. The second kappa shape index (κ2) is 34.3. The van der Waals surface area contributed by atoms with Crippen LogP contribution in [-0.2, 0) is 49.8 Å². The van der Waals surface area contributed by atoms with Crippen LogP contribution in [0.2, 0.25) is 0 Å². The number of aliphatic hydroxyl groups is 2. The van der Waals surface area contributed by atoms with Crippen molar-refractivity contribution >= 4 is 54.4 Å². The predicted molar refractivity (Wildman–Crippen MR) is 335 cm³/mol. The molecule has 0 fully saturated rings. The summed E-state index contributed by atoms with van der Waals surface area (Å²) < 4.78 is 2.45. The number of carbonyl (C=O) groups is 2. The topological polar surface area (TPSA) is 100 Å². The minimum Gasteiger partial charge on any atom is -0.512 e. The Hall–Kier alpha value is -5.18. The molecule has 430 valence electrons. The van der Waals surface area contributed by atoms with Crippen LogP contribution in [0.25, 0.3) is 63.6 Å². The Balaban J connectivity index is 0.000000286. The normalized spacial score (nSPS) is 11.4. The minimum absolute atomic E-state index is 0. The Morgan fingerprint density at radius 3 is 1.24 bits per heavy atom. The monoisotopic (exact) mass is 1470 g/mol. The molecule has 80 heavy (non-hydrogen) atoms. The quantitative estimate of drug-likeness (QED) is 0.0504. The number of rotatable bonds is 18. The van der Waals surface area contributed by atoms with Crippen LogP contribution >= 0.6 is 22.7 Å². The van der Waals surface area contributed by atoms with Gasteiger partial charge in [-0.05, 0) is 122 Å². The van der Waals surface area contributed by atoms with Crippen LogP contribution in [0.4, 0.5) is 0 Å². The van der Waals surface area contributed by atoms with Gasteiger partial charge in [0.2, 0.25) is 0 Å². The van der Waals surface area contributed by atoms with Gasteiger partial charge in [0.1, 0.15) is 0 Å². The van der Waals surface area contributed by atoms with E-state index >= 15 is 0 Å². The van der Waals surface area contributed by atoms with Crippen molar-refractivity contribution in [2.24, 2.45) is 23.7 Å². The number of allylic oxidation sites excluding steroid dienone is 4. The van der Waals surface area contributed by atoms with E-state index in [4.69, 9.17) is 4.98 Å². The number of pyridine rings is 2. The molecule has 4 heterocycles. The fraction of sp³-hybridized carbons (Fsp3) is 0.371. The number of hydrogen-bond donors (Lipinski definition) is 2. The summed E-state index contributed by atoms with van der Waals surface area (Å²) in [4.78, 5) is 35.4. The van der Waals surface area contributed by atoms with Crippen LogP contribution in [0, 0.1) is 77.3 Å². The fourth-order valence-electron chi connectivity index (χ4n) is 9.88. The van der Waals surface area contributed by atoms with Crippen LogP contribution in [0.3, 0.4) is 0 Å². The summed E-state index contributed by atoms with van der Waals surface area (Å²) in [6, 6.07) is 41.3. The molecule has 10 heteroatoms. The number of fused-ring (bicyclic) bond motifs is 2. The zero-order valence-corrected chi connectivity index (χ0v) is 56.0. The number of thiophene rings is 2. The third kappa shape index (κ3) is 19.5. The number of aliphatic hydroxyl groups excluding tert-OH is 2. The minimum atomic E-state index is 0. The van der Waals surface area contributed by atoms with E-state index in [-0.39, 0.29) is 87.0 Å². The number of carbonyl (C=O) groups excluding carboxylic acids is 2. The predicted octanol–water partition coefficient (Wildman–Crippen LogP) is 20.4. The smallest absolute Gasteiger partial charge is 0.162 e. The van der Waals surface area contributed by atoms with Crippen LogP contribution in [0.1, 0.15) is 140 Å². The van der Waals surface area contributed by atoms with Gasteiger partial charge < -0.3 is 20.2 Å². The van der Waals surface area contributed by atoms with Crippen LogP contribution in [-0.4, -0.2) is 31.7 Å². The number of benzene rings is 4. The summed E-state index contributed by atoms with van der Waals surface area (Å²) in [6.07, 6.45) is 13.8. The van der Waals surface area contributed by atoms with Gasteiger partial charge in [-0.3, -0.25) is 9.59 Å². The first-order valence-corrected chi connectivity index (χ1v) is 29.9. The standard InChI is InChI=1S/C23H20NS.C21H16NS.2C13H24O2.2Ir/c1-14-8-15(2)10-18(9-14)20-11-19-12-21(25-22(19)13-24-20)23-16(3)6-5-7-17(23)4;1-14-8-15(2)10-17(9-14)19-11-18-12-20(23-21(18)13-22-19)16-6-4-3-5-7-16;2*1-5-10(6-2)12(14)9-13(15)11(7-3)8-4;;/h5-9,11-13H,1-4H3;3-9,11-13H,1-2H3;2*9-11,14H,5-8H2,1-4H3;;/q2*-1;;;;. The molecule has 8 rings (SSSR count). The number of aryl methyl sites for hydroxylation is 6. The summed E-state index contributed by atoms with van der Waals surface area (Å²) in [5.41, 5.74) is 14.2. The molecule has 6 nitrogen and oxygen atoms in total. The average Bonchev–Trinajstić information content (AvgIpc) is 4.05. The molecule has 0 bridgehead atoms. The Kier molecular flexibility index (Phi) is 29.6. The zero-order valence-electron chi connectivity index (χ0n) is 49.6. The first-order valence-electron chi connectivity index (χ1n) is 28.2. The summed E-state index contributed by atoms with van der Waals surface area (Å²) in [5.74, 6) is 1.09. The first kappa shape index (κ1) is 69.1. The van der Waals surface area contributed by atoms with Gasteiger partial charge in [-0.2, -0.15) is 0 Å². The van der Waals surface area contributed by atoms with E-state index in [1.807, 2.05) is 85.2 Å². The molecule has 0 aliphatic heterocycles. The van der Waals surface area contributed by atoms with Gasteiger partial charge in [0, 0.05) is 98.2 Å². The Morgan fingerprint density at radius 2 is 0.863 bits per heavy atom. The maximum absolute atomic E-state index is 11.7. The molecule has 0 unspecified atom stereocenters. The summed E-state index contributed by atoms with van der Waals surface area (Å²) in [7, 11) is 0. The number of ketones is 2. The molecule has 0 atom stereocenters. The number of aromatic nitrogens is 2. The molecule has 0 aliphatic carbocycles. The van der Waals surface area contributed by atoms with Crippen LogP contribution in [0.15, 0.2) is 133 Å². The van der Waals surface area contributed by atoms with Crippen LogP contribution < -0.4 is 0 Å². The second-order valence-corrected chi connectivity index (χ2v) is 22.7. The SMILES string of the molecule is CCC(CC)C(=O)C=C(O)C(CC)CC.CCC(CC)C(=O)C=C(O)C(CC)CC.Cc1[c-]c(-c2cc3cc(-c4c(C)cccc4C)sc3cn2)cc(C)c1.Cc1[c-]c(-c2cc3cc(-c4ccccc4)sc3cn2)cc(C)c1.[Ir].[Ir]. The maximum atomic E-state index is 11.7. The van der Waals surface area contributed by atoms with E-state index in [0.717, 1.165) is 85.0 Å². The van der Waals surface area contributed by atoms with Gasteiger partial charge in [-0.25, -0.2) is 0 Å². The van der Waals surface area contributed by atoms with E-state index < -0.39 is 0 Å². The molecule has 0 aliphatic rings. The van der Waals surface area contributed by atoms with Gasteiger partial charge in [0.15, 0.2) is 11.6 Å². The van der Waals surface area contributed by atoms with Gasteiger partial charge >= 0.3 is 0 Å². The van der Waals surface area contributed by atoms with Crippen molar-refractivity contribution in [2.45, 2.75) is 148 Å². The zero-order chi connectivity index (χ0) is 57.1. The van der Waals surface area contributed by atoms with Gasteiger partial charge in [-0.1, -0.05) is 144 Å². The van der Waals surface area contributed by atoms with Crippen molar-refractivity contribution in [1.82, 2.24) is 9.97 Å². The van der Waals surface area contributed by atoms with E-state index in [9.17, 15) is 19.8 Å². The van der Waals surface area contributed by atoms with E-state index in [0.29, 0.717) is 0 Å². The largest absolute Gasteiger partial charge is 0.512 e. The van der Waals surface area contributed by atoms with Crippen molar-refractivity contribution in [3.05, 3.63) is 179 Å². The molecule has 0 saturated carbocycles. The molecule has 0 amide bonds. The van der Waals surface area contributed by atoms with Crippen molar-refractivity contribution in [2.75, 3.05) is 0 Å². The van der Waals surface area contributed by atoms with Crippen LogP contribution in [0.5, 0.6) is 0 Å². The molecule has 2 N–H and O–H groups in total. The molecule has 4 aromatic carbocycles. The fourth-order valence-corrected chi connectivity index (χ4v) is 12.1. The third-order valence-electron chi connectivity index (χ3n) is 14.6. The number of hydrogen-bond acceptors (Lipinski definition) is 8. The van der Waals surface area contributed by atoms with E-state index in [2.05, 4.69) is 150 Å². The van der Waals surface area contributed by atoms with Crippen molar-refractivity contribution in [1.29, 1.82) is 0 Å². The Morgan fingerprint density at radius 1 is 0.487 bits per heavy atom. The third-order valence-corrected chi connectivity index (χ3v) is 16.8. The van der Waals surface area contributed by atoms with E-state index in [1.165, 1.54) is 75.5 Å². The Labute approximate surface area is 514 Å². The van der Waals surface area contributed by atoms with Crippen molar-refractivity contribution in [3.8, 4) is 43.4 Å². The molecule has 0 saturated heterocycles. The van der Waals surface area contributed by atoms with Gasteiger partial charge in [-0.15, -0.1) is 92.5 Å². The molecular formula is C70H84Ir2N2O4S2-2. The first-order chi connectivity index (χ1) is 37.4. The molecule has 2 radical (unpaired) electrons.